The van der Waals surface area contributed by atoms with Gasteiger partial charge in [-0.2, -0.15) is 26.3 Å². The second kappa shape index (κ2) is 4.34. The first-order chi connectivity index (χ1) is 7.96. The molecule has 9 heteroatoms. The Balaban J connectivity index is 3.79. The summed E-state index contributed by atoms with van der Waals surface area (Å²) in [6, 6.07) is 1.04. The first-order valence-electron chi connectivity index (χ1n) is 4.23. The molecule has 18 heavy (non-hydrogen) atoms. The summed E-state index contributed by atoms with van der Waals surface area (Å²) in [5, 5.41) is -1.15. The van der Waals surface area contributed by atoms with Crippen LogP contribution < -0.4 is 5.73 Å². The highest BCUT2D eigenvalue weighted by atomic mass is 35.5. The molecule has 0 aromatic heterocycles. The van der Waals surface area contributed by atoms with Crippen molar-refractivity contribution >= 4 is 17.5 Å². The topological polar surface area (TPSA) is 43.1 Å². The third-order valence-corrected chi connectivity index (χ3v) is 2.30. The maximum absolute atomic E-state index is 12.6. The van der Waals surface area contributed by atoms with Crippen LogP contribution in [0.3, 0.4) is 0 Å². The summed E-state index contributed by atoms with van der Waals surface area (Å²) in [6.07, 6.45) is -10.8. The normalized spacial score (nSPS) is 12.6. The van der Waals surface area contributed by atoms with Crippen LogP contribution in [0.25, 0.3) is 0 Å². The third kappa shape index (κ3) is 2.69. The summed E-state index contributed by atoms with van der Waals surface area (Å²) >= 11 is 5.12. The minimum absolute atomic E-state index is 0.503. The number of hydrogen-bond acceptors (Lipinski definition) is 1. The molecule has 2 N–H and O–H groups in total. The van der Waals surface area contributed by atoms with Gasteiger partial charge in [-0.3, -0.25) is 4.79 Å². The molecule has 0 aliphatic carbocycles. The molecule has 0 heterocycles. The average molecular weight is 292 g/mol. The van der Waals surface area contributed by atoms with Crippen LogP contribution in [0.2, 0.25) is 5.02 Å². The lowest BCUT2D eigenvalue weighted by atomic mass is 9.99. The highest BCUT2D eigenvalue weighted by molar-refractivity contribution is 6.31. The molecule has 1 amide bonds. The average Bonchev–Trinajstić information content (AvgIpc) is 2.13. The van der Waals surface area contributed by atoms with Crippen molar-refractivity contribution in [2.24, 2.45) is 5.73 Å². The Morgan fingerprint density at radius 3 is 1.78 bits per heavy atom. The number of benzene rings is 1. The minimum Gasteiger partial charge on any atom is -0.366 e. The van der Waals surface area contributed by atoms with Gasteiger partial charge >= 0.3 is 12.4 Å². The van der Waals surface area contributed by atoms with Gasteiger partial charge in [-0.15, -0.1) is 0 Å². The van der Waals surface area contributed by atoms with Crippen molar-refractivity contribution < 1.29 is 31.1 Å². The second-order valence-corrected chi connectivity index (χ2v) is 3.61. The van der Waals surface area contributed by atoms with E-state index in [9.17, 15) is 31.1 Å². The Bertz CT molecular complexity index is 493. The zero-order valence-corrected chi connectivity index (χ0v) is 9.04. The van der Waals surface area contributed by atoms with Crippen molar-refractivity contribution in [3.05, 3.63) is 33.8 Å². The van der Waals surface area contributed by atoms with Crippen molar-refractivity contribution in [1.82, 2.24) is 0 Å². The predicted octanol–water partition coefficient (Wildman–Crippen LogP) is 3.48. The standard InChI is InChI=1S/C9H4ClF6NO/c10-4-2-1-3(7(17)18)5(8(11,12)13)6(4)9(14,15)16/h1-2H,(H2,17,18). The van der Waals surface area contributed by atoms with E-state index in [0.29, 0.717) is 12.1 Å². The smallest absolute Gasteiger partial charge is 0.366 e. The number of carbonyl (C=O) groups is 1. The van der Waals surface area contributed by atoms with Crippen LogP contribution in [-0.4, -0.2) is 5.91 Å². The molecule has 0 unspecified atom stereocenters. The molecule has 0 aliphatic rings. The van der Waals surface area contributed by atoms with E-state index in [1.54, 1.807) is 0 Å². The molecule has 0 fully saturated rings. The summed E-state index contributed by atoms with van der Waals surface area (Å²) in [7, 11) is 0. The quantitative estimate of drug-likeness (QED) is 0.791. The Morgan fingerprint density at radius 2 is 1.44 bits per heavy atom. The molecule has 1 aromatic carbocycles. The van der Waals surface area contributed by atoms with Gasteiger partial charge in [0.2, 0.25) is 5.91 Å². The van der Waals surface area contributed by atoms with Crippen LogP contribution in [-0.2, 0) is 12.4 Å². The Kier molecular flexibility index (Phi) is 3.53. The summed E-state index contributed by atoms with van der Waals surface area (Å²) in [4.78, 5) is 10.8. The van der Waals surface area contributed by atoms with Crippen LogP contribution in [0.1, 0.15) is 21.5 Å². The zero-order chi connectivity index (χ0) is 14.3. The van der Waals surface area contributed by atoms with Crippen LogP contribution in [0.15, 0.2) is 12.1 Å². The molecule has 2 nitrogen and oxygen atoms in total. The van der Waals surface area contributed by atoms with Crippen LogP contribution in [0.4, 0.5) is 26.3 Å². The molecule has 0 spiro atoms. The monoisotopic (exact) mass is 291 g/mol. The van der Waals surface area contributed by atoms with Gasteiger partial charge in [-0.1, -0.05) is 11.6 Å². The SMILES string of the molecule is NC(=O)c1ccc(Cl)c(C(F)(F)F)c1C(F)(F)F. The molecule has 0 aliphatic heterocycles. The van der Waals surface area contributed by atoms with E-state index in [-0.39, 0.29) is 0 Å². The van der Waals surface area contributed by atoms with Gasteiger partial charge in [0.25, 0.3) is 0 Å². The van der Waals surface area contributed by atoms with E-state index in [1.807, 2.05) is 0 Å². The fourth-order valence-electron chi connectivity index (χ4n) is 1.35. The molecule has 0 bridgehead atoms. The first-order valence-corrected chi connectivity index (χ1v) is 4.60. The van der Waals surface area contributed by atoms with Crippen molar-refractivity contribution in [3.63, 3.8) is 0 Å². The van der Waals surface area contributed by atoms with E-state index >= 15 is 0 Å². The summed E-state index contributed by atoms with van der Waals surface area (Å²) in [5.41, 5.74) is -0.943. The number of halogens is 7. The zero-order valence-electron chi connectivity index (χ0n) is 8.29. The Labute approximate surface area is 101 Å². The van der Waals surface area contributed by atoms with Crippen molar-refractivity contribution in [1.29, 1.82) is 0 Å². The maximum atomic E-state index is 12.6. The molecule has 0 radical (unpaired) electrons. The van der Waals surface area contributed by atoms with Crippen molar-refractivity contribution in [2.45, 2.75) is 12.4 Å². The summed E-state index contributed by atoms with van der Waals surface area (Å²) in [5.74, 6) is -1.62. The fourth-order valence-corrected chi connectivity index (χ4v) is 1.62. The number of alkyl halides is 6. The number of carbonyl (C=O) groups excluding carboxylic acids is 1. The maximum Gasteiger partial charge on any atom is 0.418 e. The Morgan fingerprint density at radius 1 is 1.00 bits per heavy atom. The molecule has 1 aromatic rings. The van der Waals surface area contributed by atoms with Crippen molar-refractivity contribution in [3.8, 4) is 0 Å². The predicted molar refractivity (Wildman–Crippen MR) is 50.0 cm³/mol. The molecule has 100 valence electrons. The van der Waals surface area contributed by atoms with Crippen LogP contribution >= 0.6 is 11.6 Å². The summed E-state index contributed by atoms with van der Waals surface area (Å²) in [6.45, 7) is 0. The number of primary amides is 1. The summed E-state index contributed by atoms with van der Waals surface area (Å²) < 4.78 is 75.5. The Hall–Kier alpha value is -1.44. The van der Waals surface area contributed by atoms with E-state index in [1.165, 1.54) is 0 Å². The van der Waals surface area contributed by atoms with Crippen LogP contribution in [0.5, 0.6) is 0 Å². The van der Waals surface area contributed by atoms with Gasteiger partial charge < -0.3 is 5.73 Å². The lowest BCUT2D eigenvalue weighted by Gasteiger charge is -2.19. The molecular formula is C9H4ClF6NO. The van der Waals surface area contributed by atoms with E-state index < -0.39 is 40.0 Å². The van der Waals surface area contributed by atoms with Gasteiger partial charge in [0.15, 0.2) is 0 Å². The van der Waals surface area contributed by atoms with Crippen molar-refractivity contribution in [2.75, 3.05) is 0 Å². The number of nitrogens with two attached hydrogens (primary N) is 1. The number of rotatable bonds is 1. The highest BCUT2D eigenvalue weighted by Gasteiger charge is 2.47. The van der Waals surface area contributed by atoms with E-state index in [0.717, 1.165) is 0 Å². The largest absolute Gasteiger partial charge is 0.418 e. The van der Waals surface area contributed by atoms with E-state index in [2.05, 4.69) is 5.73 Å². The lowest BCUT2D eigenvalue weighted by Crippen LogP contribution is -2.24. The van der Waals surface area contributed by atoms with Gasteiger partial charge in [0, 0.05) is 0 Å². The highest BCUT2D eigenvalue weighted by Crippen LogP contribution is 2.45. The second-order valence-electron chi connectivity index (χ2n) is 3.20. The lowest BCUT2D eigenvalue weighted by molar-refractivity contribution is -0.162. The number of hydrogen-bond donors (Lipinski definition) is 1. The molecule has 1 rings (SSSR count). The fraction of sp³-hybridized carbons (Fsp3) is 0.222. The molecule has 0 atom stereocenters. The van der Waals surface area contributed by atoms with Gasteiger partial charge in [0.05, 0.1) is 21.7 Å². The van der Waals surface area contributed by atoms with E-state index in [4.69, 9.17) is 11.6 Å². The first kappa shape index (κ1) is 14.6. The minimum atomic E-state index is -5.40. The molecular weight excluding hydrogens is 288 g/mol. The van der Waals surface area contributed by atoms with Crippen LogP contribution in [0, 0.1) is 0 Å². The third-order valence-electron chi connectivity index (χ3n) is 1.99. The number of amides is 1. The van der Waals surface area contributed by atoms with Gasteiger partial charge in [-0.25, -0.2) is 0 Å². The molecule has 0 saturated carbocycles. The molecule has 0 saturated heterocycles. The van der Waals surface area contributed by atoms with Gasteiger partial charge in [0.1, 0.15) is 0 Å². The van der Waals surface area contributed by atoms with Gasteiger partial charge in [-0.05, 0) is 12.1 Å².